The van der Waals surface area contributed by atoms with E-state index in [0.717, 1.165) is 30.5 Å². The van der Waals surface area contributed by atoms with Gasteiger partial charge in [0, 0.05) is 17.4 Å². The van der Waals surface area contributed by atoms with Crippen LogP contribution in [0.4, 0.5) is 0 Å². The Morgan fingerprint density at radius 2 is 2.40 bits per heavy atom. The fourth-order valence-electron chi connectivity index (χ4n) is 2.57. The van der Waals surface area contributed by atoms with Gasteiger partial charge in [-0.15, -0.1) is 0 Å². The van der Waals surface area contributed by atoms with Crippen molar-refractivity contribution in [3.63, 3.8) is 0 Å². The maximum absolute atomic E-state index is 12.1. The van der Waals surface area contributed by atoms with Crippen LogP contribution in [0.5, 0.6) is 0 Å². The van der Waals surface area contributed by atoms with E-state index in [1.807, 2.05) is 6.20 Å². The molecule has 0 saturated heterocycles. The molecule has 2 aromatic heterocycles. The van der Waals surface area contributed by atoms with Gasteiger partial charge in [0.2, 0.25) is 5.91 Å². The molecule has 5 nitrogen and oxygen atoms in total. The Labute approximate surface area is 121 Å². The number of pyridine rings is 1. The number of rotatable bonds is 3. The van der Waals surface area contributed by atoms with Gasteiger partial charge in [0.15, 0.2) is 0 Å². The molecule has 0 unspecified atom stereocenters. The number of fused-ring (bicyclic) bond motifs is 1. The summed E-state index contributed by atoms with van der Waals surface area (Å²) in [4.78, 5) is 16.1. The second-order valence-corrected chi connectivity index (χ2v) is 5.37. The first-order valence-electron chi connectivity index (χ1n) is 6.64. The lowest BCUT2D eigenvalue weighted by molar-refractivity contribution is -0.121. The van der Waals surface area contributed by atoms with Crippen LogP contribution in [0, 0.1) is 0 Å². The van der Waals surface area contributed by atoms with Crippen LogP contribution in [0.1, 0.15) is 35.7 Å². The lowest BCUT2D eigenvalue weighted by Crippen LogP contribution is -2.32. The molecule has 0 spiro atoms. The Balaban J connectivity index is 1.68. The largest absolute Gasteiger partial charge is 0.347 e. The van der Waals surface area contributed by atoms with E-state index in [2.05, 4.69) is 20.5 Å². The first-order chi connectivity index (χ1) is 9.74. The molecule has 1 aliphatic rings. The van der Waals surface area contributed by atoms with Crippen LogP contribution in [0.25, 0.3) is 0 Å². The lowest BCUT2D eigenvalue weighted by Gasteiger charge is -2.23. The number of carbonyl (C=O) groups is 1. The van der Waals surface area contributed by atoms with Crippen molar-refractivity contribution < 1.29 is 4.79 Å². The average Bonchev–Trinajstić information content (AvgIpc) is 2.91. The van der Waals surface area contributed by atoms with E-state index in [0.29, 0.717) is 5.02 Å². The minimum Gasteiger partial charge on any atom is -0.347 e. The minimum absolute atomic E-state index is 0.0178. The highest BCUT2D eigenvalue weighted by molar-refractivity contribution is 6.31. The first-order valence-corrected chi connectivity index (χ1v) is 7.01. The third-order valence-corrected chi connectivity index (χ3v) is 3.94. The Bertz CT molecular complexity index is 625. The third kappa shape index (κ3) is 2.67. The maximum Gasteiger partial charge on any atom is 0.225 e. The van der Waals surface area contributed by atoms with Gasteiger partial charge in [0.1, 0.15) is 0 Å². The van der Waals surface area contributed by atoms with Crippen molar-refractivity contribution in [2.45, 2.75) is 31.7 Å². The molecule has 0 bridgehead atoms. The highest BCUT2D eigenvalue weighted by Crippen LogP contribution is 2.27. The van der Waals surface area contributed by atoms with E-state index < -0.39 is 0 Å². The Hall–Kier alpha value is -1.88. The van der Waals surface area contributed by atoms with E-state index in [9.17, 15) is 4.79 Å². The molecule has 0 aliphatic heterocycles. The van der Waals surface area contributed by atoms with Crippen LogP contribution < -0.4 is 5.32 Å². The van der Waals surface area contributed by atoms with Crippen LogP contribution in [0.3, 0.4) is 0 Å². The summed E-state index contributed by atoms with van der Waals surface area (Å²) in [5, 5.41) is 10.6. The molecular weight excluding hydrogens is 276 g/mol. The topological polar surface area (TPSA) is 70.7 Å². The highest BCUT2D eigenvalue weighted by Gasteiger charge is 2.23. The van der Waals surface area contributed by atoms with E-state index in [-0.39, 0.29) is 18.4 Å². The van der Waals surface area contributed by atoms with Gasteiger partial charge < -0.3 is 5.32 Å². The monoisotopic (exact) mass is 290 g/mol. The number of nitrogens with zero attached hydrogens (tertiary/aromatic N) is 2. The number of H-pyrrole nitrogens is 1. The fraction of sp³-hybridized carbons (Fsp3) is 0.357. The Morgan fingerprint density at radius 1 is 1.50 bits per heavy atom. The number of aromatic amines is 1. The molecule has 0 aromatic carbocycles. The normalized spacial score (nSPS) is 17.6. The van der Waals surface area contributed by atoms with E-state index >= 15 is 0 Å². The molecule has 2 aromatic rings. The molecule has 2 heterocycles. The van der Waals surface area contributed by atoms with Crippen molar-refractivity contribution in [3.8, 4) is 0 Å². The average molecular weight is 291 g/mol. The summed E-state index contributed by atoms with van der Waals surface area (Å²) in [5.74, 6) is -0.0487. The zero-order valence-corrected chi connectivity index (χ0v) is 11.7. The molecule has 20 heavy (non-hydrogen) atoms. The molecular formula is C14H15ClN4O. The van der Waals surface area contributed by atoms with Gasteiger partial charge in [-0.2, -0.15) is 5.10 Å². The molecule has 0 fully saturated rings. The van der Waals surface area contributed by atoms with Gasteiger partial charge in [0.05, 0.1) is 24.4 Å². The van der Waals surface area contributed by atoms with Crippen LogP contribution in [0.15, 0.2) is 24.7 Å². The number of halogens is 1. The van der Waals surface area contributed by atoms with Gasteiger partial charge in [-0.3, -0.25) is 14.9 Å². The summed E-state index contributed by atoms with van der Waals surface area (Å²) in [6.07, 6.45) is 8.34. The summed E-state index contributed by atoms with van der Waals surface area (Å²) in [7, 11) is 0. The summed E-state index contributed by atoms with van der Waals surface area (Å²) in [6.45, 7) is 0. The smallest absolute Gasteiger partial charge is 0.225 e. The summed E-state index contributed by atoms with van der Waals surface area (Å²) in [5.41, 5.74) is 2.97. The molecule has 2 N–H and O–H groups in total. The standard InChI is InChI=1S/C14H15ClN4O/c15-11-4-5-16-7-10(11)6-13(20)18-12-3-1-2-9-8-17-19-14(9)12/h4-5,7-8,12H,1-3,6H2,(H,17,19)(H,18,20)/t12-/m1/s1. The van der Waals surface area contributed by atoms with Crippen LogP contribution in [0.2, 0.25) is 5.02 Å². The zero-order chi connectivity index (χ0) is 13.9. The van der Waals surface area contributed by atoms with E-state index in [1.54, 1.807) is 18.5 Å². The lowest BCUT2D eigenvalue weighted by atomic mass is 9.93. The number of amides is 1. The number of hydrogen-bond donors (Lipinski definition) is 2. The predicted molar refractivity (Wildman–Crippen MR) is 75.4 cm³/mol. The van der Waals surface area contributed by atoms with Crippen LogP contribution in [-0.2, 0) is 17.6 Å². The van der Waals surface area contributed by atoms with Crippen molar-refractivity contribution in [3.05, 3.63) is 46.5 Å². The summed E-state index contributed by atoms with van der Waals surface area (Å²) >= 11 is 6.04. The van der Waals surface area contributed by atoms with Gasteiger partial charge in [0.25, 0.3) is 0 Å². The first kappa shape index (κ1) is 13.1. The molecule has 1 amide bonds. The number of aryl methyl sites for hydroxylation is 1. The number of aromatic nitrogens is 3. The van der Waals surface area contributed by atoms with E-state index in [1.165, 1.54) is 5.56 Å². The van der Waals surface area contributed by atoms with E-state index in [4.69, 9.17) is 11.6 Å². The van der Waals surface area contributed by atoms with Crippen LogP contribution >= 0.6 is 11.6 Å². The molecule has 104 valence electrons. The summed E-state index contributed by atoms with van der Waals surface area (Å²) < 4.78 is 0. The van der Waals surface area contributed by atoms with Gasteiger partial charge in [-0.1, -0.05) is 11.6 Å². The third-order valence-electron chi connectivity index (χ3n) is 3.57. The molecule has 0 saturated carbocycles. The van der Waals surface area contributed by atoms with Gasteiger partial charge >= 0.3 is 0 Å². The number of hydrogen-bond acceptors (Lipinski definition) is 3. The van der Waals surface area contributed by atoms with Gasteiger partial charge in [-0.05, 0) is 36.5 Å². The molecule has 3 rings (SSSR count). The van der Waals surface area contributed by atoms with Crippen LogP contribution in [-0.4, -0.2) is 21.1 Å². The van der Waals surface area contributed by atoms with Crippen molar-refractivity contribution >= 4 is 17.5 Å². The Kier molecular flexibility index (Phi) is 3.69. The number of carbonyl (C=O) groups excluding carboxylic acids is 1. The fourth-order valence-corrected chi connectivity index (χ4v) is 2.74. The highest BCUT2D eigenvalue weighted by atomic mass is 35.5. The Morgan fingerprint density at radius 3 is 3.25 bits per heavy atom. The number of nitrogens with one attached hydrogen (secondary N) is 2. The molecule has 0 radical (unpaired) electrons. The second-order valence-electron chi connectivity index (χ2n) is 4.97. The second kappa shape index (κ2) is 5.63. The quantitative estimate of drug-likeness (QED) is 0.910. The zero-order valence-electron chi connectivity index (χ0n) is 10.9. The van der Waals surface area contributed by atoms with Crippen molar-refractivity contribution in [1.82, 2.24) is 20.5 Å². The maximum atomic E-state index is 12.1. The minimum atomic E-state index is -0.0487. The van der Waals surface area contributed by atoms with Crippen molar-refractivity contribution in [1.29, 1.82) is 0 Å². The van der Waals surface area contributed by atoms with Crippen molar-refractivity contribution in [2.75, 3.05) is 0 Å². The molecule has 6 heteroatoms. The van der Waals surface area contributed by atoms with Gasteiger partial charge in [-0.25, -0.2) is 0 Å². The molecule has 1 atom stereocenters. The SMILES string of the molecule is O=C(Cc1cnccc1Cl)N[C@@H]1CCCc2cn[nH]c21. The molecule has 1 aliphatic carbocycles. The van der Waals surface area contributed by atoms with Crippen molar-refractivity contribution in [2.24, 2.45) is 0 Å². The predicted octanol–water partition coefficient (Wildman–Crippen LogP) is 2.19. The summed E-state index contributed by atoms with van der Waals surface area (Å²) in [6, 6.07) is 1.71.